The van der Waals surface area contributed by atoms with Crippen LogP contribution in [0.3, 0.4) is 0 Å². The van der Waals surface area contributed by atoms with Crippen molar-refractivity contribution in [3.8, 4) is 11.5 Å². The topological polar surface area (TPSA) is 52.9 Å². The second kappa shape index (κ2) is 3.99. The number of phenolic OH excluding ortho intramolecular Hbond substituents is 1. The highest BCUT2D eigenvalue weighted by Gasteiger charge is 2.52. The monoisotopic (exact) mass is 273 g/mol. The van der Waals surface area contributed by atoms with Crippen molar-refractivity contribution in [1.82, 2.24) is 4.90 Å². The first-order valence-corrected chi connectivity index (χ1v) is 7.16. The Morgan fingerprint density at radius 3 is 3.05 bits per heavy atom. The van der Waals surface area contributed by atoms with E-state index in [0.29, 0.717) is 11.8 Å². The highest BCUT2D eigenvalue weighted by atomic mass is 16.5. The van der Waals surface area contributed by atoms with Gasteiger partial charge in [-0.05, 0) is 36.1 Å². The van der Waals surface area contributed by atoms with E-state index in [1.807, 2.05) is 18.2 Å². The van der Waals surface area contributed by atoms with Crippen LogP contribution in [0, 0.1) is 0 Å². The van der Waals surface area contributed by atoms with Gasteiger partial charge in [0.2, 0.25) is 0 Å². The molecule has 1 aromatic carbocycles. The van der Waals surface area contributed by atoms with Crippen LogP contribution in [0.4, 0.5) is 0 Å². The summed E-state index contributed by atoms with van der Waals surface area (Å²) in [7, 11) is 1.58. The number of fused-ring (bicyclic) bond motifs is 1. The number of hydrogen-bond donors (Lipinski definition) is 2. The number of methoxy groups -OCH3 is 1. The van der Waals surface area contributed by atoms with Gasteiger partial charge in [0.15, 0.2) is 11.5 Å². The predicted molar refractivity (Wildman–Crippen MR) is 74.9 cm³/mol. The lowest BCUT2D eigenvalue weighted by Gasteiger charge is -2.45. The molecule has 0 saturated carbocycles. The third-order valence-electron chi connectivity index (χ3n) is 5.21. The number of ether oxygens (including phenoxy) is 1. The molecule has 20 heavy (non-hydrogen) atoms. The Morgan fingerprint density at radius 2 is 2.25 bits per heavy atom. The van der Waals surface area contributed by atoms with Gasteiger partial charge in [-0.2, -0.15) is 0 Å². The third-order valence-corrected chi connectivity index (χ3v) is 5.21. The van der Waals surface area contributed by atoms with E-state index >= 15 is 0 Å². The van der Waals surface area contributed by atoms with Crippen LogP contribution in [0.1, 0.15) is 24.0 Å². The van der Waals surface area contributed by atoms with E-state index < -0.39 is 0 Å². The molecule has 3 aliphatic rings. The maximum Gasteiger partial charge on any atom is 0.160 e. The number of phenols is 1. The minimum absolute atomic E-state index is 0.0200. The predicted octanol–water partition coefficient (Wildman–Crippen LogP) is 1.55. The van der Waals surface area contributed by atoms with Gasteiger partial charge in [-0.15, -0.1) is 0 Å². The Balaban J connectivity index is 1.93. The summed E-state index contributed by atoms with van der Waals surface area (Å²) in [6, 6.07) is 4.19. The molecule has 1 aliphatic carbocycles. The first-order chi connectivity index (χ1) is 9.64. The summed E-state index contributed by atoms with van der Waals surface area (Å²) >= 11 is 0. The second-order valence-corrected chi connectivity index (χ2v) is 6.12. The van der Waals surface area contributed by atoms with E-state index in [2.05, 4.69) is 11.0 Å². The molecule has 2 aliphatic heterocycles. The van der Waals surface area contributed by atoms with Gasteiger partial charge in [0.1, 0.15) is 0 Å². The number of rotatable bonds is 1. The molecule has 0 spiro atoms. The van der Waals surface area contributed by atoms with Gasteiger partial charge in [0.25, 0.3) is 0 Å². The first kappa shape index (κ1) is 12.2. The summed E-state index contributed by atoms with van der Waals surface area (Å²) in [5.74, 6) is 0.748. The highest BCUT2D eigenvalue weighted by Crippen LogP contribution is 2.52. The zero-order valence-electron chi connectivity index (χ0n) is 11.5. The normalized spacial score (nSPS) is 37.4. The summed E-state index contributed by atoms with van der Waals surface area (Å²) in [6.45, 7) is 1.89. The maximum absolute atomic E-state index is 9.99. The lowest BCUT2D eigenvalue weighted by Crippen LogP contribution is -2.49. The Morgan fingerprint density at radius 1 is 1.40 bits per heavy atom. The highest BCUT2D eigenvalue weighted by molar-refractivity contribution is 5.54. The van der Waals surface area contributed by atoms with Crippen molar-refractivity contribution in [2.24, 2.45) is 0 Å². The van der Waals surface area contributed by atoms with Gasteiger partial charge in [-0.1, -0.05) is 12.2 Å². The Kier molecular flexibility index (Phi) is 2.44. The lowest BCUT2D eigenvalue weighted by atomic mass is 9.66. The third kappa shape index (κ3) is 1.43. The molecule has 4 atom stereocenters. The van der Waals surface area contributed by atoms with Gasteiger partial charge in [-0.25, -0.2) is 0 Å². The van der Waals surface area contributed by atoms with E-state index in [-0.39, 0.29) is 17.3 Å². The minimum Gasteiger partial charge on any atom is -0.504 e. The average Bonchev–Trinajstić information content (AvgIpc) is 2.71. The van der Waals surface area contributed by atoms with Gasteiger partial charge < -0.3 is 14.9 Å². The fourth-order valence-corrected chi connectivity index (χ4v) is 4.27. The van der Waals surface area contributed by atoms with Crippen molar-refractivity contribution in [3.63, 3.8) is 0 Å². The summed E-state index contributed by atoms with van der Waals surface area (Å²) in [5, 5.41) is 19.9. The number of nitrogens with zero attached hydrogens (tertiary/aromatic N) is 1. The molecule has 2 bridgehead atoms. The van der Waals surface area contributed by atoms with Crippen LogP contribution in [0.15, 0.2) is 24.3 Å². The Bertz CT molecular complexity index is 598. The number of hydrogen-bond acceptors (Lipinski definition) is 4. The van der Waals surface area contributed by atoms with E-state index in [4.69, 9.17) is 4.74 Å². The van der Waals surface area contributed by atoms with Crippen molar-refractivity contribution in [2.75, 3.05) is 13.7 Å². The summed E-state index contributed by atoms with van der Waals surface area (Å²) in [4.78, 5) is 2.43. The Hall–Kier alpha value is -1.52. The van der Waals surface area contributed by atoms with Crippen molar-refractivity contribution < 1.29 is 14.9 Å². The number of benzene rings is 1. The zero-order valence-corrected chi connectivity index (χ0v) is 11.5. The molecule has 4 nitrogen and oxygen atoms in total. The van der Waals surface area contributed by atoms with E-state index in [1.165, 1.54) is 11.1 Å². The van der Waals surface area contributed by atoms with Crippen molar-refractivity contribution in [2.45, 2.75) is 36.9 Å². The lowest BCUT2D eigenvalue weighted by molar-refractivity contribution is 0.110. The van der Waals surface area contributed by atoms with E-state index in [0.717, 1.165) is 25.9 Å². The fraction of sp³-hybridized carbons (Fsp3) is 0.500. The molecule has 1 saturated heterocycles. The quantitative estimate of drug-likeness (QED) is 0.762. The number of aromatic hydroxyl groups is 1. The molecule has 2 N–H and O–H groups in total. The molecule has 106 valence electrons. The molecule has 4 heteroatoms. The van der Waals surface area contributed by atoms with Crippen LogP contribution < -0.4 is 4.74 Å². The summed E-state index contributed by atoms with van der Waals surface area (Å²) < 4.78 is 5.28. The molecule has 0 amide bonds. The van der Waals surface area contributed by atoms with Crippen LogP contribution >= 0.6 is 0 Å². The molecule has 1 fully saturated rings. The molecule has 0 radical (unpaired) electrons. The van der Waals surface area contributed by atoms with Crippen molar-refractivity contribution >= 4 is 0 Å². The smallest absolute Gasteiger partial charge is 0.160 e. The van der Waals surface area contributed by atoms with E-state index in [1.54, 1.807) is 7.11 Å². The standard InChI is InChI=1S/C16H19NO3/c1-20-14-8-12-10(6-13(14)19)9-17-5-4-16(12)3-2-11(18)7-15(16)17/h2-3,6,8,11,15,18-19H,4-5,7,9H2,1H3/t11-,15?,16+/m0/s1. The largest absolute Gasteiger partial charge is 0.504 e. The summed E-state index contributed by atoms with van der Waals surface area (Å²) in [6.07, 6.45) is 5.63. The number of aliphatic hydroxyl groups is 1. The van der Waals surface area contributed by atoms with Gasteiger partial charge >= 0.3 is 0 Å². The molecule has 2 heterocycles. The molecule has 4 rings (SSSR count). The molecule has 1 aromatic rings. The molecule has 0 aromatic heterocycles. The van der Waals surface area contributed by atoms with Crippen LogP contribution in [-0.4, -0.2) is 40.9 Å². The summed E-state index contributed by atoms with van der Waals surface area (Å²) in [5.41, 5.74) is 2.42. The minimum atomic E-state index is -0.339. The Labute approximate surface area is 118 Å². The van der Waals surface area contributed by atoms with E-state index in [9.17, 15) is 10.2 Å². The van der Waals surface area contributed by atoms with Crippen LogP contribution in [-0.2, 0) is 12.0 Å². The maximum atomic E-state index is 9.99. The van der Waals surface area contributed by atoms with Gasteiger partial charge in [0, 0.05) is 24.5 Å². The number of aliphatic hydroxyl groups excluding tert-OH is 1. The molecular weight excluding hydrogens is 254 g/mol. The van der Waals surface area contributed by atoms with Crippen molar-refractivity contribution in [3.05, 3.63) is 35.4 Å². The van der Waals surface area contributed by atoms with Crippen LogP contribution in [0.5, 0.6) is 11.5 Å². The average molecular weight is 273 g/mol. The van der Waals surface area contributed by atoms with Crippen LogP contribution in [0.2, 0.25) is 0 Å². The SMILES string of the molecule is COc1cc2c(cc1O)CN1CC[C@]23C=C[C@H](O)CC13. The zero-order chi connectivity index (χ0) is 13.9. The molecular formula is C16H19NO3. The van der Waals surface area contributed by atoms with Gasteiger partial charge in [0.05, 0.1) is 13.2 Å². The first-order valence-electron chi connectivity index (χ1n) is 7.16. The van der Waals surface area contributed by atoms with Crippen molar-refractivity contribution in [1.29, 1.82) is 0 Å². The van der Waals surface area contributed by atoms with Gasteiger partial charge in [-0.3, -0.25) is 4.90 Å². The fourth-order valence-electron chi connectivity index (χ4n) is 4.27. The van der Waals surface area contributed by atoms with Crippen LogP contribution in [0.25, 0.3) is 0 Å². The second-order valence-electron chi connectivity index (χ2n) is 6.12. The molecule has 2 unspecified atom stereocenters.